The highest BCUT2D eigenvalue weighted by Gasteiger charge is 2.10. The van der Waals surface area contributed by atoms with Gasteiger partial charge < -0.3 is 0 Å². The summed E-state index contributed by atoms with van der Waals surface area (Å²) >= 11 is 0. The molecule has 0 spiro atoms. The second-order valence-electron chi connectivity index (χ2n) is 6.84. The number of rotatable bonds is 6. The monoisotopic (exact) mass is 407 g/mol. The lowest BCUT2D eigenvalue weighted by Gasteiger charge is -2.07. The Morgan fingerprint density at radius 2 is 1.68 bits per heavy atom. The molecule has 0 saturated carbocycles. The molecule has 0 radical (unpaired) electrons. The van der Waals surface area contributed by atoms with Crippen LogP contribution in [0, 0.1) is 23.7 Å². The molecule has 4 rings (SSSR count). The minimum absolute atomic E-state index is 0.548. The highest BCUT2D eigenvalue weighted by Crippen LogP contribution is 2.24. The molecule has 0 amide bonds. The number of nitrogens with zero attached hydrogens (tertiary/aromatic N) is 6. The van der Waals surface area contributed by atoms with Gasteiger partial charge in [0.25, 0.3) is 0 Å². The van der Waals surface area contributed by atoms with Crippen LogP contribution in [0.25, 0.3) is 22.5 Å². The predicted molar refractivity (Wildman–Crippen MR) is 118 cm³/mol. The summed E-state index contributed by atoms with van der Waals surface area (Å²) < 4.78 is 1.92. The molecule has 7 nitrogen and oxygen atoms in total. The van der Waals surface area contributed by atoms with Crippen molar-refractivity contribution >= 4 is 0 Å². The summed E-state index contributed by atoms with van der Waals surface area (Å²) in [4.78, 5) is 4.61. The summed E-state index contributed by atoms with van der Waals surface area (Å²) in [7, 11) is 0. The van der Waals surface area contributed by atoms with Crippen molar-refractivity contribution in [3.63, 3.8) is 0 Å². The maximum atomic E-state index is 4.63. The molecule has 2 aromatic carbocycles. The quantitative estimate of drug-likeness (QED) is 0.496. The fraction of sp³-hybridized carbons (Fsp3) is 0.208. The molecule has 0 fully saturated rings. The Morgan fingerprint density at radius 3 is 2.42 bits per heavy atom. The average Bonchev–Trinajstić information content (AvgIpc) is 3.47. The molecule has 0 bridgehead atoms. The summed E-state index contributed by atoms with van der Waals surface area (Å²) in [6, 6.07) is 16.6. The van der Waals surface area contributed by atoms with E-state index >= 15 is 0 Å². The van der Waals surface area contributed by atoms with Crippen LogP contribution in [0.15, 0.2) is 48.5 Å². The molecule has 4 aromatic rings. The van der Waals surface area contributed by atoms with Crippen LogP contribution in [0.3, 0.4) is 0 Å². The summed E-state index contributed by atoms with van der Waals surface area (Å²) in [6.07, 6.45) is 1.12. The number of aromatic amines is 1. The Bertz CT molecular complexity index is 1280. The van der Waals surface area contributed by atoms with Crippen LogP contribution in [-0.2, 0) is 19.4 Å². The van der Waals surface area contributed by atoms with Gasteiger partial charge in [-0.05, 0) is 47.0 Å². The third kappa shape index (κ3) is 4.85. The third-order valence-corrected chi connectivity index (χ3v) is 4.74. The molecular weight excluding hydrogens is 386 g/mol. The maximum Gasteiger partial charge on any atom is 0.179 e. The fourth-order valence-electron chi connectivity index (χ4n) is 3.20. The zero-order chi connectivity index (χ0) is 21.5. The number of nitrogens with one attached hydrogen (secondary N) is 1. The molecule has 0 unspecified atom stereocenters. The van der Waals surface area contributed by atoms with E-state index in [1.165, 1.54) is 0 Å². The largest absolute Gasteiger partial charge is 0.244 e. The lowest BCUT2D eigenvalue weighted by molar-refractivity contribution is 0.647. The number of hydrogen-bond donors (Lipinski definition) is 1. The Morgan fingerprint density at radius 1 is 0.903 bits per heavy atom. The minimum atomic E-state index is 0.548. The maximum absolute atomic E-state index is 4.63. The minimum Gasteiger partial charge on any atom is -0.244 e. The number of tetrazole rings is 1. The van der Waals surface area contributed by atoms with E-state index in [-0.39, 0.29) is 0 Å². The van der Waals surface area contributed by atoms with Crippen LogP contribution >= 0.6 is 0 Å². The highest BCUT2D eigenvalue weighted by molar-refractivity contribution is 5.70. The summed E-state index contributed by atoms with van der Waals surface area (Å²) in [5.74, 6) is 14.2. The molecule has 0 aliphatic rings. The van der Waals surface area contributed by atoms with Crippen molar-refractivity contribution in [2.45, 2.75) is 33.2 Å². The average molecular weight is 407 g/mol. The van der Waals surface area contributed by atoms with Gasteiger partial charge >= 0.3 is 0 Å². The van der Waals surface area contributed by atoms with Gasteiger partial charge in [-0.1, -0.05) is 54.3 Å². The van der Waals surface area contributed by atoms with Gasteiger partial charge in [-0.15, -0.1) is 16.9 Å². The SMILES string of the molecule is CC#CCc1nc(CC#CC)n(Cc2ccc(-c3cccc(-c4nnn[nH]4)c3)cc2)n1. The molecular formula is C24H21N7. The van der Waals surface area contributed by atoms with Crippen LogP contribution in [0.5, 0.6) is 0 Å². The second kappa shape index (κ2) is 9.51. The van der Waals surface area contributed by atoms with Crippen molar-refractivity contribution in [3.8, 4) is 46.2 Å². The van der Waals surface area contributed by atoms with Gasteiger partial charge in [0.05, 0.1) is 19.4 Å². The molecule has 152 valence electrons. The number of benzene rings is 2. The molecule has 2 aromatic heterocycles. The van der Waals surface area contributed by atoms with E-state index in [0.29, 0.717) is 25.2 Å². The fourth-order valence-corrected chi connectivity index (χ4v) is 3.20. The van der Waals surface area contributed by atoms with Crippen LogP contribution in [0.1, 0.15) is 31.1 Å². The first-order valence-corrected chi connectivity index (χ1v) is 9.92. The highest BCUT2D eigenvalue weighted by atomic mass is 15.5. The van der Waals surface area contributed by atoms with Crippen LogP contribution < -0.4 is 0 Å². The lowest BCUT2D eigenvalue weighted by Crippen LogP contribution is -2.06. The number of aromatic nitrogens is 7. The van der Waals surface area contributed by atoms with Crippen molar-refractivity contribution in [1.82, 2.24) is 35.4 Å². The Labute approximate surface area is 180 Å². The molecule has 2 heterocycles. The topological polar surface area (TPSA) is 85.2 Å². The predicted octanol–water partition coefficient (Wildman–Crippen LogP) is 3.31. The summed E-state index contributed by atoms with van der Waals surface area (Å²) in [5.41, 5.74) is 4.30. The van der Waals surface area contributed by atoms with E-state index in [1.807, 2.05) is 30.7 Å². The first kappa shape index (κ1) is 20.1. The van der Waals surface area contributed by atoms with Gasteiger partial charge in [0.15, 0.2) is 11.6 Å². The van der Waals surface area contributed by atoms with Gasteiger partial charge in [0.1, 0.15) is 5.82 Å². The molecule has 0 aliphatic heterocycles. The first-order chi connectivity index (χ1) is 15.3. The molecule has 31 heavy (non-hydrogen) atoms. The molecule has 1 N–H and O–H groups in total. The normalized spacial score (nSPS) is 10.1. The van der Waals surface area contributed by atoms with Crippen molar-refractivity contribution in [2.24, 2.45) is 0 Å². The molecule has 0 saturated heterocycles. The Hall–Kier alpha value is -4.23. The zero-order valence-corrected chi connectivity index (χ0v) is 17.4. The Kier molecular flexibility index (Phi) is 6.16. The van der Waals surface area contributed by atoms with Crippen molar-refractivity contribution in [3.05, 3.63) is 65.7 Å². The molecule has 7 heteroatoms. The van der Waals surface area contributed by atoms with E-state index < -0.39 is 0 Å². The van der Waals surface area contributed by atoms with E-state index in [0.717, 1.165) is 33.9 Å². The van der Waals surface area contributed by atoms with Gasteiger partial charge in [0, 0.05) is 5.56 Å². The first-order valence-electron chi connectivity index (χ1n) is 9.92. The standard InChI is InChI=1S/C24H21N7/c1-3-5-10-22-25-23(11-6-4-2)31(28-22)17-18-12-14-19(15-13-18)20-8-7-9-21(16-20)24-26-29-30-27-24/h7-9,12-16H,10-11,17H2,1-2H3,(H,26,27,29,30). The van der Waals surface area contributed by atoms with Crippen molar-refractivity contribution < 1.29 is 0 Å². The van der Waals surface area contributed by atoms with E-state index in [2.05, 4.69) is 90.8 Å². The Balaban J connectivity index is 1.55. The van der Waals surface area contributed by atoms with Crippen LogP contribution in [-0.4, -0.2) is 35.4 Å². The van der Waals surface area contributed by atoms with Crippen molar-refractivity contribution in [2.75, 3.05) is 0 Å². The summed E-state index contributed by atoms with van der Waals surface area (Å²) in [6.45, 7) is 4.29. The lowest BCUT2D eigenvalue weighted by atomic mass is 10.0. The number of H-pyrrole nitrogens is 1. The smallest absolute Gasteiger partial charge is 0.179 e. The van der Waals surface area contributed by atoms with E-state index in [9.17, 15) is 0 Å². The van der Waals surface area contributed by atoms with Crippen molar-refractivity contribution in [1.29, 1.82) is 0 Å². The van der Waals surface area contributed by atoms with Gasteiger partial charge in [0.2, 0.25) is 0 Å². The molecule has 0 atom stereocenters. The molecule has 0 aliphatic carbocycles. The number of hydrogen-bond acceptors (Lipinski definition) is 5. The third-order valence-electron chi connectivity index (χ3n) is 4.74. The van der Waals surface area contributed by atoms with Gasteiger partial charge in [-0.2, -0.15) is 5.10 Å². The van der Waals surface area contributed by atoms with Crippen LogP contribution in [0.2, 0.25) is 0 Å². The van der Waals surface area contributed by atoms with Gasteiger partial charge in [-0.3, -0.25) is 0 Å². The van der Waals surface area contributed by atoms with E-state index in [1.54, 1.807) is 0 Å². The van der Waals surface area contributed by atoms with Crippen LogP contribution in [0.4, 0.5) is 0 Å². The zero-order valence-electron chi connectivity index (χ0n) is 17.4. The summed E-state index contributed by atoms with van der Waals surface area (Å²) in [5, 5.41) is 18.7. The van der Waals surface area contributed by atoms with Gasteiger partial charge in [-0.25, -0.2) is 14.8 Å². The van der Waals surface area contributed by atoms with E-state index in [4.69, 9.17) is 0 Å². The second-order valence-corrected chi connectivity index (χ2v) is 6.84.